The van der Waals surface area contributed by atoms with Crippen LogP contribution < -0.4 is 5.32 Å². The lowest BCUT2D eigenvalue weighted by Crippen LogP contribution is -2.29. The Kier molecular flexibility index (Phi) is 9.30. The van der Waals surface area contributed by atoms with Crippen molar-refractivity contribution >= 4 is 23.3 Å². The highest BCUT2D eigenvalue weighted by Gasteiger charge is 2.05. The first-order valence-corrected chi connectivity index (χ1v) is 7.16. The van der Waals surface area contributed by atoms with E-state index in [-0.39, 0.29) is 12.4 Å². The van der Waals surface area contributed by atoms with E-state index in [1.807, 2.05) is 27.7 Å². The Morgan fingerprint density at radius 1 is 1.33 bits per heavy atom. The van der Waals surface area contributed by atoms with Crippen molar-refractivity contribution in [2.45, 2.75) is 34.2 Å². The molecule has 0 radical (unpaired) electrons. The van der Waals surface area contributed by atoms with E-state index < -0.39 is 0 Å². The average molecular weight is 312 g/mol. The third-order valence-corrected chi connectivity index (χ3v) is 2.70. The lowest BCUT2D eigenvalue weighted by Gasteiger charge is -2.09. The van der Waals surface area contributed by atoms with Crippen molar-refractivity contribution in [2.24, 2.45) is 9.98 Å². The largest absolute Gasteiger partial charge is 0.329 e. The molecule has 116 valence electrons. The number of rotatable bonds is 3. The number of nitrogens with one attached hydrogen (secondary N) is 1. The number of aliphatic imine (C=N–C) groups is 2. The van der Waals surface area contributed by atoms with Crippen LogP contribution in [0.3, 0.4) is 0 Å². The van der Waals surface area contributed by atoms with E-state index in [1.54, 1.807) is 19.2 Å². The quantitative estimate of drug-likeness (QED) is 0.642. The molecule has 0 amide bonds. The molecule has 1 N–H and O–H groups in total. The van der Waals surface area contributed by atoms with Crippen molar-refractivity contribution in [1.29, 1.82) is 0 Å². The van der Waals surface area contributed by atoms with Gasteiger partial charge in [0.25, 0.3) is 0 Å². The third-order valence-electron chi connectivity index (χ3n) is 2.46. The van der Waals surface area contributed by atoms with Crippen molar-refractivity contribution in [3.63, 3.8) is 0 Å². The molecule has 0 aliphatic heterocycles. The standard InChI is InChI=1S/C14H17ClFN3.C2H6/c1-9(2)14(19-10(3)17-4)18-8-11-5-6-12(15)7-13(11)16;1-2/h5-7H,1,8H2,2-4H3,(H,17,18,19);1-2H3. The Morgan fingerprint density at radius 2 is 1.95 bits per heavy atom. The van der Waals surface area contributed by atoms with Crippen LogP contribution in [0.15, 0.2) is 40.3 Å². The Bertz CT molecular complexity index is 536. The third kappa shape index (κ3) is 7.04. The van der Waals surface area contributed by atoms with Gasteiger partial charge in [0.05, 0.1) is 12.4 Å². The molecule has 21 heavy (non-hydrogen) atoms. The lowest BCUT2D eigenvalue weighted by atomic mass is 10.2. The van der Waals surface area contributed by atoms with E-state index in [1.165, 1.54) is 6.07 Å². The number of halogens is 2. The highest BCUT2D eigenvalue weighted by molar-refractivity contribution is 6.30. The number of hydrogen-bond acceptors (Lipinski definition) is 2. The van der Waals surface area contributed by atoms with Gasteiger partial charge in [-0.2, -0.15) is 0 Å². The summed E-state index contributed by atoms with van der Waals surface area (Å²) in [5.74, 6) is 0.953. The Balaban J connectivity index is 0.00000191. The minimum absolute atomic E-state index is 0.217. The van der Waals surface area contributed by atoms with E-state index >= 15 is 0 Å². The predicted octanol–water partition coefficient (Wildman–Crippen LogP) is 4.62. The molecule has 1 aromatic rings. The maximum atomic E-state index is 13.6. The van der Waals surface area contributed by atoms with Crippen LogP contribution in [0.5, 0.6) is 0 Å². The maximum Gasteiger partial charge on any atom is 0.129 e. The second-order valence-electron chi connectivity index (χ2n) is 4.11. The van der Waals surface area contributed by atoms with Crippen molar-refractivity contribution in [3.05, 3.63) is 46.8 Å². The summed E-state index contributed by atoms with van der Waals surface area (Å²) in [5.41, 5.74) is 1.24. The molecule has 0 heterocycles. The molecule has 1 aromatic carbocycles. The van der Waals surface area contributed by atoms with Crippen LogP contribution in [0.2, 0.25) is 5.02 Å². The van der Waals surface area contributed by atoms with Gasteiger partial charge in [-0.1, -0.05) is 38.1 Å². The van der Waals surface area contributed by atoms with Gasteiger partial charge in [0.1, 0.15) is 11.7 Å². The van der Waals surface area contributed by atoms with Crippen LogP contribution in [0.4, 0.5) is 4.39 Å². The topological polar surface area (TPSA) is 36.8 Å². The molecule has 0 saturated heterocycles. The molecule has 0 bridgehead atoms. The number of nitrogens with zero attached hydrogens (tertiary/aromatic N) is 2. The number of hydrogen-bond donors (Lipinski definition) is 1. The molecule has 0 aliphatic carbocycles. The molecule has 0 aliphatic rings. The van der Waals surface area contributed by atoms with E-state index in [4.69, 9.17) is 11.6 Å². The molecule has 0 atom stereocenters. The molecule has 0 aromatic heterocycles. The van der Waals surface area contributed by atoms with Crippen LogP contribution in [-0.4, -0.2) is 18.7 Å². The highest BCUT2D eigenvalue weighted by atomic mass is 35.5. The van der Waals surface area contributed by atoms with Gasteiger partial charge in [-0.05, 0) is 31.6 Å². The van der Waals surface area contributed by atoms with Gasteiger partial charge in [-0.15, -0.1) is 0 Å². The maximum absolute atomic E-state index is 13.6. The molecule has 0 spiro atoms. The van der Waals surface area contributed by atoms with Crippen molar-refractivity contribution in [2.75, 3.05) is 7.05 Å². The molecule has 5 heteroatoms. The number of benzene rings is 1. The van der Waals surface area contributed by atoms with Gasteiger partial charge in [-0.25, -0.2) is 4.39 Å². The Labute approximate surface area is 131 Å². The van der Waals surface area contributed by atoms with E-state index in [2.05, 4.69) is 21.9 Å². The highest BCUT2D eigenvalue weighted by Crippen LogP contribution is 2.15. The normalized spacial score (nSPS) is 11.6. The summed E-state index contributed by atoms with van der Waals surface area (Å²) < 4.78 is 13.6. The summed E-state index contributed by atoms with van der Waals surface area (Å²) >= 11 is 5.70. The summed E-state index contributed by atoms with van der Waals surface area (Å²) in [5, 5.41) is 3.39. The minimum Gasteiger partial charge on any atom is -0.329 e. The fourth-order valence-corrected chi connectivity index (χ4v) is 1.48. The van der Waals surface area contributed by atoms with Crippen LogP contribution >= 0.6 is 11.6 Å². The van der Waals surface area contributed by atoms with Gasteiger partial charge < -0.3 is 5.32 Å². The zero-order valence-electron chi connectivity index (χ0n) is 13.3. The zero-order valence-corrected chi connectivity index (χ0v) is 14.1. The minimum atomic E-state index is -0.363. The Morgan fingerprint density at radius 3 is 2.43 bits per heavy atom. The molecule has 0 unspecified atom stereocenters. The van der Waals surface area contributed by atoms with E-state index in [0.29, 0.717) is 16.4 Å². The molecular formula is C16H23ClFN3. The SMILES string of the molecule is C=C(C)C(=NCc1ccc(Cl)cc1F)NC(C)=NC.CC. The first kappa shape index (κ1) is 19.3. The van der Waals surface area contributed by atoms with E-state index in [9.17, 15) is 4.39 Å². The van der Waals surface area contributed by atoms with E-state index in [0.717, 1.165) is 11.4 Å². The first-order valence-electron chi connectivity index (χ1n) is 6.78. The molecule has 3 nitrogen and oxygen atoms in total. The van der Waals surface area contributed by atoms with Crippen LogP contribution in [-0.2, 0) is 6.54 Å². The number of amidine groups is 2. The van der Waals surface area contributed by atoms with Crippen molar-refractivity contribution in [1.82, 2.24) is 5.32 Å². The summed E-state index contributed by atoms with van der Waals surface area (Å²) in [6.45, 7) is 11.7. The van der Waals surface area contributed by atoms with Gasteiger partial charge in [-0.3, -0.25) is 9.98 Å². The van der Waals surface area contributed by atoms with Crippen LogP contribution in [0, 0.1) is 5.82 Å². The fourth-order valence-electron chi connectivity index (χ4n) is 1.32. The summed E-state index contributed by atoms with van der Waals surface area (Å²) in [6.07, 6.45) is 0. The first-order chi connectivity index (χ1) is 9.93. The molecular weight excluding hydrogens is 289 g/mol. The van der Waals surface area contributed by atoms with Crippen LogP contribution in [0.1, 0.15) is 33.3 Å². The predicted molar refractivity (Wildman–Crippen MR) is 90.9 cm³/mol. The second kappa shape index (κ2) is 10.1. The van der Waals surface area contributed by atoms with Crippen molar-refractivity contribution in [3.8, 4) is 0 Å². The lowest BCUT2D eigenvalue weighted by molar-refractivity contribution is 0.611. The zero-order chi connectivity index (χ0) is 16.4. The van der Waals surface area contributed by atoms with Gasteiger partial charge in [0, 0.05) is 17.6 Å². The fraction of sp³-hybridized carbons (Fsp3) is 0.375. The summed E-state index contributed by atoms with van der Waals surface area (Å²) in [4.78, 5) is 8.30. The average Bonchev–Trinajstić information content (AvgIpc) is 2.46. The van der Waals surface area contributed by atoms with Crippen LogP contribution in [0.25, 0.3) is 0 Å². The van der Waals surface area contributed by atoms with Crippen molar-refractivity contribution < 1.29 is 4.39 Å². The van der Waals surface area contributed by atoms with Gasteiger partial charge in [0.2, 0.25) is 0 Å². The molecule has 1 rings (SSSR count). The second-order valence-corrected chi connectivity index (χ2v) is 4.55. The summed E-state index contributed by atoms with van der Waals surface area (Å²) in [7, 11) is 1.68. The summed E-state index contributed by atoms with van der Waals surface area (Å²) in [6, 6.07) is 4.54. The Hall–Kier alpha value is -1.68. The van der Waals surface area contributed by atoms with Gasteiger partial charge >= 0.3 is 0 Å². The molecule has 0 saturated carbocycles. The smallest absolute Gasteiger partial charge is 0.129 e. The monoisotopic (exact) mass is 311 g/mol. The van der Waals surface area contributed by atoms with Gasteiger partial charge in [0.15, 0.2) is 0 Å². The molecule has 0 fully saturated rings.